The fourth-order valence-corrected chi connectivity index (χ4v) is 2.78. The molecule has 0 bridgehead atoms. The van der Waals surface area contributed by atoms with Crippen LogP contribution >= 0.6 is 0 Å². The molecule has 0 saturated heterocycles. The number of nitrogens with one attached hydrogen (secondary N) is 1. The van der Waals surface area contributed by atoms with E-state index in [0.717, 1.165) is 13.0 Å². The van der Waals surface area contributed by atoms with Crippen LogP contribution in [0.25, 0.3) is 6.08 Å². The Balaban J connectivity index is 1.52. The molecular formula is C18H20N2O2. The number of carbonyl (C=O) groups excluding carboxylic acids is 1. The number of hydrogen-bond donors (Lipinski definition) is 1. The lowest BCUT2D eigenvalue weighted by atomic mass is 10.2. The van der Waals surface area contributed by atoms with E-state index in [9.17, 15) is 4.79 Å². The van der Waals surface area contributed by atoms with Crippen LogP contribution in [0, 0.1) is 0 Å². The van der Waals surface area contributed by atoms with Gasteiger partial charge in [-0.3, -0.25) is 4.79 Å². The summed E-state index contributed by atoms with van der Waals surface area (Å²) < 4.78 is 5.15. The van der Waals surface area contributed by atoms with Gasteiger partial charge in [0, 0.05) is 30.9 Å². The predicted molar refractivity (Wildman–Crippen MR) is 87.7 cm³/mol. The largest absolute Gasteiger partial charge is 0.465 e. The first-order valence-electron chi connectivity index (χ1n) is 7.58. The minimum Gasteiger partial charge on any atom is -0.465 e. The Morgan fingerprint density at radius 3 is 3.05 bits per heavy atom. The molecule has 114 valence electrons. The lowest BCUT2D eigenvalue weighted by Crippen LogP contribution is -2.41. The Morgan fingerprint density at radius 2 is 2.23 bits per heavy atom. The molecule has 4 nitrogen and oxygen atoms in total. The second-order valence-electron chi connectivity index (χ2n) is 5.52. The topological polar surface area (TPSA) is 45.5 Å². The van der Waals surface area contributed by atoms with Crippen molar-refractivity contribution in [1.82, 2.24) is 5.32 Å². The maximum absolute atomic E-state index is 11.8. The smallest absolute Gasteiger partial charge is 0.244 e. The molecule has 1 aliphatic rings. The van der Waals surface area contributed by atoms with Crippen molar-refractivity contribution in [3.05, 3.63) is 60.1 Å². The first-order chi connectivity index (χ1) is 10.7. The Kier molecular flexibility index (Phi) is 4.28. The average Bonchev–Trinajstić information content (AvgIpc) is 3.19. The molecule has 1 atom stereocenters. The molecule has 1 aliphatic heterocycles. The molecule has 0 spiro atoms. The van der Waals surface area contributed by atoms with Crippen LogP contribution in [0.2, 0.25) is 0 Å². The second-order valence-corrected chi connectivity index (χ2v) is 5.52. The quantitative estimate of drug-likeness (QED) is 0.863. The van der Waals surface area contributed by atoms with Gasteiger partial charge in [-0.05, 0) is 43.2 Å². The van der Waals surface area contributed by atoms with Gasteiger partial charge in [0.05, 0.1) is 6.26 Å². The van der Waals surface area contributed by atoms with E-state index in [1.807, 2.05) is 6.07 Å². The molecule has 0 fully saturated rings. The van der Waals surface area contributed by atoms with Gasteiger partial charge in [-0.25, -0.2) is 0 Å². The predicted octanol–water partition coefficient (Wildman–Crippen LogP) is 2.86. The van der Waals surface area contributed by atoms with Crippen LogP contribution in [0.1, 0.15) is 18.2 Å². The van der Waals surface area contributed by atoms with Crippen molar-refractivity contribution in [1.29, 1.82) is 0 Å². The van der Waals surface area contributed by atoms with Crippen molar-refractivity contribution in [2.75, 3.05) is 18.0 Å². The van der Waals surface area contributed by atoms with Crippen molar-refractivity contribution in [2.24, 2.45) is 0 Å². The Bertz CT molecular complexity index is 661. The van der Waals surface area contributed by atoms with Crippen molar-refractivity contribution < 1.29 is 9.21 Å². The molecule has 1 N–H and O–H groups in total. The summed E-state index contributed by atoms with van der Waals surface area (Å²) in [6, 6.07) is 12.3. The third kappa shape index (κ3) is 3.22. The van der Waals surface area contributed by atoms with Crippen LogP contribution < -0.4 is 10.2 Å². The number of anilines is 1. The zero-order chi connectivity index (χ0) is 15.4. The molecule has 2 aromatic rings. The third-order valence-corrected chi connectivity index (χ3v) is 3.97. The standard InChI is InChI=1S/C18H20N2O2/c1-14(20-11-10-15-5-2-3-7-17(15)20)13-19-18(21)9-8-16-6-4-12-22-16/h2-9,12,14H,10-11,13H2,1H3,(H,19,21)/b9-8+. The fourth-order valence-electron chi connectivity index (χ4n) is 2.78. The van der Waals surface area contributed by atoms with Crippen LogP contribution in [0.3, 0.4) is 0 Å². The average molecular weight is 296 g/mol. The van der Waals surface area contributed by atoms with Crippen molar-refractivity contribution in [3.8, 4) is 0 Å². The van der Waals surface area contributed by atoms with E-state index >= 15 is 0 Å². The number of para-hydroxylation sites is 1. The lowest BCUT2D eigenvalue weighted by molar-refractivity contribution is -0.116. The summed E-state index contributed by atoms with van der Waals surface area (Å²) in [5.41, 5.74) is 2.67. The summed E-state index contributed by atoms with van der Waals surface area (Å²) in [6.45, 7) is 3.77. The zero-order valence-electron chi connectivity index (χ0n) is 12.7. The summed E-state index contributed by atoms with van der Waals surface area (Å²) in [6.07, 6.45) is 5.84. The third-order valence-electron chi connectivity index (χ3n) is 3.97. The summed E-state index contributed by atoms with van der Waals surface area (Å²) in [5, 5.41) is 2.94. The van der Waals surface area contributed by atoms with Gasteiger partial charge < -0.3 is 14.6 Å². The summed E-state index contributed by atoms with van der Waals surface area (Å²) in [4.78, 5) is 14.2. The SMILES string of the molecule is CC(CNC(=O)/C=C/c1ccco1)N1CCc2ccccc21. The fraction of sp³-hybridized carbons (Fsp3) is 0.278. The van der Waals surface area contributed by atoms with Crippen molar-refractivity contribution in [3.63, 3.8) is 0 Å². The summed E-state index contributed by atoms with van der Waals surface area (Å²) in [5.74, 6) is 0.576. The van der Waals surface area contributed by atoms with Crippen LogP contribution in [0.4, 0.5) is 5.69 Å². The molecule has 3 rings (SSSR count). The number of benzene rings is 1. The minimum atomic E-state index is -0.101. The van der Waals surface area contributed by atoms with Gasteiger partial charge in [-0.2, -0.15) is 0 Å². The van der Waals surface area contributed by atoms with Crippen molar-refractivity contribution in [2.45, 2.75) is 19.4 Å². The van der Waals surface area contributed by atoms with E-state index in [0.29, 0.717) is 12.3 Å². The van der Waals surface area contributed by atoms with Crippen molar-refractivity contribution >= 4 is 17.7 Å². The Hall–Kier alpha value is -2.49. The maximum atomic E-state index is 11.8. The highest BCUT2D eigenvalue weighted by Crippen LogP contribution is 2.28. The monoisotopic (exact) mass is 296 g/mol. The van der Waals surface area contributed by atoms with Crippen LogP contribution in [0.15, 0.2) is 53.2 Å². The van der Waals surface area contributed by atoms with Gasteiger partial charge in [0.2, 0.25) is 5.91 Å². The van der Waals surface area contributed by atoms with Gasteiger partial charge in [0.1, 0.15) is 5.76 Å². The number of hydrogen-bond acceptors (Lipinski definition) is 3. The second kappa shape index (κ2) is 6.52. The zero-order valence-corrected chi connectivity index (χ0v) is 12.7. The van der Waals surface area contributed by atoms with E-state index in [1.165, 1.54) is 17.3 Å². The van der Waals surface area contributed by atoms with Gasteiger partial charge >= 0.3 is 0 Å². The number of carbonyl (C=O) groups is 1. The van der Waals surface area contributed by atoms with E-state index in [1.54, 1.807) is 18.4 Å². The Morgan fingerprint density at radius 1 is 1.36 bits per heavy atom. The number of rotatable bonds is 5. The highest BCUT2D eigenvalue weighted by Gasteiger charge is 2.22. The van der Waals surface area contributed by atoms with Gasteiger partial charge in [-0.15, -0.1) is 0 Å². The normalized spacial score (nSPS) is 15.0. The van der Waals surface area contributed by atoms with E-state index < -0.39 is 0 Å². The van der Waals surface area contributed by atoms with E-state index in [2.05, 4.69) is 41.4 Å². The molecule has 1 amide bonds. The first-order valence-corrected chi connectivity index (χ1v) is 7.58. The molecular weight excluding hydrogens is 276 g/mol. The van der Waals surface area contributed by atoms with Crippen LogP contribution in [0.5, 0.6) is 0 Å². The highest BCUT2D eigenvalue weighted by atomic mass is 16.3. The number of furan rings is 1. The van der Waals surface area contributed by atoms with Gasteiger partial charge in [-0.1, -0.05) is 18.2 Å². The molecule has 22 heavy (non-hydrogen) atoms. The Labute approximate surface area is 130 Å². The van der Waals surface area contributed by atoms with Crippen LogP contribution in [-0.2, 0) is 11.2 Å². The number of fused-ring (bicyclic) bond motifs is 1. The van der Waals surface area contributed by atoms with Crippen LogP contribution in [-0.4, -0.2) is 25.0 Å². The minimum absolute atomic E-state index is 0.101. The molecule has 1 aromatic heterocycles. The molecule has 1 aromatic carbocycles. The molecule has 2 heterocycles. The molecule has 4 heteroatoms. The number of amides is 1. The van der Waals surface area contributed by atoms with E-state index in [-0.39, 0.29) is 11.9 Å². The maximum Gasteiger partial charge on any atom is 0.244 e. The highest BCUT2D eigenvalue weighted by molar-refractivity contribution is 5.91. The van der Waals surface area contributed by atoms with E-state index in [4.69, 9.17) is 4.42 Å². The molecule has 0 radical (unpaired) electrons. The summed E-state index contributed by atoms with van der Waals surface area (Å²) >= 11 is 0. The first kappa shape index (κ1) is 14.4. The lowest BCUT2D eigenvalue weighted by Gasteiger charge is -2.27. The van der Waals surface area contributed by atoms with Gasteiger partial charge in [0.25, 0.3) is 0 Å². The number of nitrogens with zero attached hydrogens (tertiary/aromatic N) is 1. The molecule has 1 unspecified atom stereocenters. The summed E-state index contributed by atoms with van der Waals surface area (Å²) in [7, 11) is 0. The molecule has 0 aliphatic carbocycles. The molecule has 0 saturated carbocycles. The van der Waals surface area contributed by atoms with Gasteiger partial charge in [0.15, 0.2) is 0 Å².